The molecular formula is C7H7BrLiNO. The van der Waals surface area contributed by atoms with E-state index in [-0.39, 0.29) is 25.3 Å². The standard InChI is InChI=1S/C7H7BrNO.Li/c8-6-2-1-3-7(6,10)4-5-9;/h2H,1,3-4H2;/q-1;+1. The van der Waals surface area contributed by atoms with Crippen molar-refractivity contribution in [1.82, 2.24) is 0 Å². The number of nitrogens with zero attached hydrogens (tertiary/aromatic N) is 1. The summed E-state index contributed by atoms with van der Waals surface area (Å²) in [7, 11) is 0. The smallest absolute Gasteiger partial charge is 0.845 e. The van der Waals surface area contributed by atoms with E-state index in [9.17, 15) is 5.11 Å². The zero-order valence-corrected chi connectivity index (χ0v) is 8.02. The number of halogens is 1. The van der Waals surface area contributed by atoms with Gasteiger partial charge in [0.2, 0.25) is 0 Å². The van der Waals surface area contributed by atoms with Gasteiger partial charge in [-0.2, -0.15) is 5.26 Å². The monoisotopic (exact) mass is 207 g/mol. The number of allylic oxidation sites excluding steroid dienone is 1. The molecule has 0 aromatic carbocycles. The van der Waals surface area contributed by atoms with Crippen LogP contribution in [0.3, 0.4) is 0 Å². The SMILES string of the molecule is N#CCC1([O-])CCC=C1Br.[Li+]. The van der Waals surface area contributed by atoms with Gasteiger partial charge < -0.3 is 5.11 Å². The van der Waals surface area contributed by atoms with Crippen LogP contribution in [-0.2, 0) is 0 Å². The second-order valence-electron chi connectivity index (χ2n) is 2.42. The summed E-state index contributed by atoms with van der Waals surface area (Å²) in [6, 6.07) is 1.90. The van der Waals surface area contributed by atoms with Crippen molar-refractivity contribution in [2.75, 3.05) is 0 Å². The minimum Gasteiger partial charge on any atom is -0.845 e. The minimum absolute atomic E-state index is 0. The van der Waals surface area contributed by atoms with Crippen molar-refractivity contribution >= 4 is 15.9 Å². The van der Waals surface area contributed by atoms with Crippen molar-refractivity contribution in [2.45, 2.75) is 24.9 Å². The molecule has 0 amide bonds. The van der Waals surface area contributed by atoms with E-state index >= 15 is 0 Å². The van der Waals surface area contributed by atoms with Crippen LogP contribution in [0, 0.1) is 11.3 Å². The van der Waals surface area contributed by atoms with E-state index in [1.807, 2.05) is 12.1 Å². The Labute approximate surface area is 86.6 Å². The predicted molar refractivity (Wildman–Crippen MR) is 39.2 cm³/mol. The van der Waals surface area contributed by atoms with E-state index in [2.05, 4.69) is 15.9 Å². The zero-order chi connectivity index (χ0) is 7.61. The molecule has 11 heavy (non-hydrogen) atoms. The fourth-order valence-corrected chi connectivity index (χ4v) is 1.61. The Balaban J connectivity index is 0.000001000. The van der Waals surface area contributed by atoms with Gasteiger partial charge >= 0.3 is 18.9 Å². The topological polar surface area (TPSA) is 46.8 Å². The summed E-state index contributed by atoms with van der Waals surface area (Å²) in [6.07, 6.45) is 3.28. The number of hydrogen-bond acceptors (Lipinski definition) is 2. The molecule has 1 unspecified atom stereocenters. The van der Waals surface area contributed by atoms with E-state index in [0.29, 0.717) is 10.9 Å². The third kappa shape index (κ3) is 2.35. The Morgan fingerprint density at radius 2 is 2.45 bits per heavy atom. The Morgan fingerprint density at radius 3 is 2.82 bits per heavy atom. The van der Waals surface area contributed by atoms with E-state index in [0.717, 1.165) is 6.42 Å². The molecular weight excluding hydrogens is 201 g/mol. The molecule has 2 nitrogen and oxygen atoms in total. The summed E-state index contributed by atoms with van der Waals surface area (Å²) < 4.78 is 0.654. The van der Waals surface area contributed by atoms with E-state index in [1.54, 1.807) is 0 Å². The van der Waals surface area contributed by atoms with Crippen molar-refractivity contribution in [2.24, 2.45) is 0 Å². The summed E-state index contributed by atoms with van der Waals surface area (Å²) in [5, 5.41) is 19.8. The fraction of sp³-hybridized carbons (Fsp3) is 0.571. The van der Waals surface area contributed by atoms with Crippen molar-refractivity contribution in [3.8, 4) is 6.07 Å². The van der Waals surface area contributed by atoms with Gasteiger partial charge in [0.25, 0.3) is 0 Å². The molecule has 1 rings (SSSR count). The second kappa shape index (κ2) is 4.33. The molecule has 1 atom stereocenters. The summed E-state index contributed by atoms with van der Waals surface area (Å²) in [5.41, 5.74) is -1.13. The first kappa shape index (κ1) is 11.3. The maximum atomic E-state index is 11.5. The van der Waals surface area contributed by atoms with Gasteiger partial charge in [0.15, 0.2) is 0 Å². The van der Waals surface area contributed by atoms with Crippen molar-refractivity contribution in [3.05, 3.63) is 10.6 Å². The van der Waals surface area contributed by atoms with Crippen LogP contribution in [0.1, 0.15) is 19.3 Å². The predicted octanol–water partition coefficient (Wildman–Crippen LogP) is -1.92. The van der Waals surface area contributed by atoms with Gasteiger partial charge in [-0.3, -0.25) is 0 Å². The molecule has 0 heterocycles. The van der Waals surface area contributed by atoms with E-state index in [1.165, 1.54) is 0 Å². The van der Waals surface area contributed by atoms with Crippen LogP contribution in [0.5, 0.6) is 0 Å². The molecule has 0 aromatic heterocycles. The molecule has 0 N–H and O–H groups in total. The first-order valence-corrected chi connectivity index (χ1v) is 3.92. The molecule has 4 heteroatoms. The maximum Gasteiger partial charge on any atom is 1.00 e. The largest absolute Gasteiger partial charge is 1.00 e. The van der Waals surface area contributed by atoms with Crippen molar-refractivity contribution < 1.29 is 24.0 Å². The molecule has 0 saturated carbocycles. The molecule has 0 spiro atoms. The van der Waals surface area contributed by atoms with Crippen LogP contribution < -0.4 is 24.0 Å². The summed E-state index contributed by atoms with van der Waals surface area (Å²) in [5.74, 6) is 0. The number of hydrogen-bond donors (Lipinski definition) is 0. The first-order valence-electron chi connectivity index (χ1n) is 3.12. The molecule has 0 aliphatic heterocycles. The summed E-state index contributed by atoms with van der Waals surface area (Å²) in [4.78, 5) is 0. The third-order valence-corrected chi connectivity index (χ3v) is 2.72. The van der Waals surface area contributed by atoms with E-state index in [4.69, 9.17) is 5.26 Å². The molecule has 0 bridgehead atoms. The van der Waals surface area contributed by atoms with Crippen LogP contribution in [0.4, 0.5) is 0 Å². The molecule has 0 fully saturated rings. The quantitative estimate of drug-likeness (QED) is 0.471. The first-order chi connectivity index (χ1) is 4.69. The fourth-order valence-electron chi connectivity index (χ4n) is 1.04. The van der Waals surface area contributed by atoms with Crippen LogP contribution in [-0.4, -0.2) is 5.60 Å². The van der Waals surface area contributed by atoms with Gasteiger partial charge in [-0.25, -0.2) is 0 Å². The summed E-state index contributed by atoms with van der Waals surface area (Å²) in [6.45, 7) is 0. The Bertz CT molecular complexity index is 211. The average Bonchev–Trinajstić information content (AvgIpc) is 2.15. The minimum atomic E-state index is -1.13. The number of nitriles is 1. The van der Waals surface area contributed by atoms with Crippen molar-refractivity contribution in [1.29, 1.82) is 5.26 Å². The van der Waals surface area contributed by atoms with Crippen LogP contribution in [0.25, 0.3) is 0 Å². The van der Waals surface area contributed by atoms with Gasteiger partial charge in [0, 0.05) is 6.42 Å². The van der Waals surface area contributed by atoms with Crippen LogP contribution >= 0.6 is 15.9 Å². The Hall–Kier alpha value is 0.267. The molecule has 0 radical (unpaired) electrons. The Kier molecular flexibility index (Phi) is 4.44. The van der Waals surface area contributed by atoms with Crippen molar-refractivity contribution in [3.63, 3.8) is 0 Å². The van der Waals surface area contributed by atoms with Gasteiger partial charge in [-0.15, -0.1) is 0 Å². The number of rotatable bonds is 1. The molecule has 0 saturated heterocycles. The van der Waals surface area contributed by atoms with Gasteiger partial charge in [-0.05, 0) is 10.9 Å². The normalized spacial score (nSPS) is 28.6. The molecule has 0 aromatic rings. The molecule has 1 aliphatic rings. The third-order valence-electron chi connectivity index (χ3n) is 1.67. The average molecular weight is 208 g/mol. The zero-order valence-electron chi connectivity index (χ0n) is 6.43. The van der Waals surface area contributed by atoms with Gasteiger partial charge in [0.1, 0.15) is 0 Å². The molecule has 1 aliphatic carbocycles. The van der Waals surface area contributed by atoms with Crippen LogP contribution in [0.15, 0.2) is 10.6 Å². The van der Waals surface area contributed by atoms with Crippen LogP contribution in [0.2, 0.25) is 0 Å². The summed E-state index contributed by atoms with van der Waals surface area (Å²) >= 11 is 3.16. The second-order valence-corrected chi connectivity index (χ2v) is 3.27. The Morgan fingerprint density at radius 1 is 1.82 bits per heavy atom. The van der Waals surface area contributed by atoms with Gasteiger partial charge in [-0.1, -0.05) is 34.0 Å². The molecule has 54 valence electrons. The maximum absolute atomic E-state index is 11.5. The van der Waals surface area contributed by atoms with Gasteiger partial charge in [0.05, 0.1) is 6.07 Å². The van der Waals surface area contributed by atoms with E-state index < -0.39 is 5.60 Å².